The van der Waals surface area contributed by atoms with Crippen LogP contribution in [0.1, 0.15) is 24.2 Å². The molecule has 0 spiro atoms. The molecule has 0 bridgehead atoms. The number of carbonyl (C=O) groups is 1. The number of hydrogen-bond acceptors (Lipinski definition) is 3. The van der Waals surface area contributed by atoms with Crippen LogP contribution in [0.5, 0.6) is 0 Å². The van der Waals surface area contributed by atoms with Crippen molar-refractivity contribution in [2.45, 2.75) is 19.9 Å². The number of aldehydes is 1. The fraction of sp³-hybridized carbons (Fsp3) is 0.462. The number of likely N-dealkylation sites (N-methyl/N-ethyl adjacent to an activating group) is 1. The van der Waals surface area contributed by atoms with E-state index >= 15 is 0 Å². The molecule has 0 aliphatic rings. The third-order valence-electron chi connectivity index (χ3n) is 2.70. The van der Waals surface area contributed by atoms with Crippen molar-refractivity contribution in [3.63, 3.8) is 0 Å². The Morgan fingerprint density at radius 1 is 1.53 bits per heavy atom. The minimum atomic E-state index is -0.376. The van der Waals surface area contributed by atoms with Crippen molar-refractivity contribution in [3.05, 3.63) is 29.6 Å². The Bertz CT molecular complexity index is 382. The summed E-state index contributed by atoms with van der Waals surface area (Å²) in [5, 5.41) is 0. The first-order valence-corrected chi connectivity index (χ1v) is 5.64. The van der Waals surface area contributed by atoms with Crippen molar-refractivity contribution in [1.82, 2.24) is 0 Å². The van der Waals surface area contributed by atoms with Gasteiger partial charge in [-0.25, -0.2) is 4.39 Å². The molecule has 17 heavy (non-hydrogen) atoms. The Labute approximate surface area is 101 Å². The molecule has 94 valence electrons. The Balaban J connectivity index is 2.99. The maximum absolute atomic E-state index is 13.8. The second kappa shape index (κ2) is 6.35. The summed E-state index contributed by atoms with van der Waals surface area (Å²) < 4.78 is 18.9. The number of carbonyl (C=O) groups excluding carboxylic acids is 1. The van der Waals surface area contributed by atoms with Gasteiger partial charge in [-0.2, -0.15) is 0 Å². The largest absolute Gasteiger partial charge is 0.383 e. The SMILES string of the molecule is CCN(c1ccc(C=O)cc1F)C(C)COC. The second-order valence-corrected chi connectivity index (χ2v) is 3.92. The van der Waals surface area contributed by atoms with Gasteiger partial charge in [0.05, 0.1) is 12.3 Å². The molecule has 0 fully saturated rings. The zero-order valence-corrected chi connectivity index (χ0v) is 10.4. The molecule has 4 heteroatoms. The van der Waals surface area contributed by atoms with E-state index in [-0.39, 0.29) is 11.9 Å². The lowest BCUT2D eigenvalue weighted by atomic mass is 10.1. The number of benzene rings is 1. The number of halogens is 1. The maximum atomic E-state index is 13.8. The third-order valence-corrected chi connectivity index (χ3v) is 2.70. The van der Waals surface area contributed by atoms with E-state index < -0.39 is 0 Å². The highest BCUT2D eigenvalue weighted by Crippen LogP contribution is 2.22. The van der Waals surface area contributed by atoms with Gasteiger partial charge in [-0.1, -0.05) is 0 Å². The Morgan fingerprint density at radius 2 is 2.24 bits per heavy atom. The molecule has 0 saturated carbocycles. The minimum Gasteiger partial charge on any atom is -0.383 e. The second-order valence-electron chi connectivity index (χ2n) is 3.92. The van der Waals surface area contributed by atoms with Crippen LogP contribution in [0.3, 0.4) is 0 Å². The number of anilines is 1. The molecule has 1 atom stereocenters. The number of nitrogens with zero attached hydrogens (tertiary/aromatic N) is 1. The summed E-state index contributed by atoms with van der Waals surface area (Å²) in [4.78, 5) is 12.5. The van der Waals surface area contributed by atoms with Gasteiger partial charge in [0.1, 0.15) is 12.1 Å². The van der Waals surface area contributed by atoms with E-state index in [0.717, 1.165) is 0 Å². The van der Waals surface area contributed by atoms with E-state index in [0.29, 0.717) is 30.7 Å². The molecule has 0 aromatic heterocycles. The standard InChI is InChI=1S/C13H18FNO2/c1-4-15(10(2)9-17-3)13-6-5-11(8-16)7-12(13)14/h5-8,10H,4,9H2,1-3H3. The summed E-state index contributed by atoms with van der Waals surface area (Å²) in [6.45, 7) is 5.14. The fourth-order valence-corrected chi connectivity index (χ4v) is 1.88. The van der Waals surface area contributed by atoms with Gasteiger partial charge in [0.2, 0.25) is 0 Å². The first-order valence-electron chi connectivity index (χ1n) is 5.64. The first-order chi connectivity index (χ1) is 8.13. The molecule has 0 radical (unpaired) electrons. The molecule has 0 N–H and O–H groups in total. The van der Waals surface area contributed by atoms with E-state index in [2.05, 4.69) is 0 Å². The summed E-state index contributed by atoms with van der Waals surface area (Å²) in [7, 11) is 1.62. The summed E-state index contributed by atoms with van der Waals surface area (Å²) in [5.41, 5.74) is 0.851. The zero-order valence-electron chi connectivity index (χ0n) is 10.4. The maximum Gasteiger partial charge on any atom is 0.150 e. The van der Waals surface area contributed by atoms with Crippen molar-refractivity contribution in [1.29, 1.82) is 0 Å². The van der Waals surface area contributed by atoms with E-state index in [1.807, 2.05) is 18.7 Å². The monoisotopic (exact) mass is 239 g/mol. The van der Waals surface area contributed by atoms with Gasteiger partial charge in [-0.05, 0) is 32.0 Å². The van der Waals surface area contributed by atoms with E-state index in [4.69, 9.17) is 4.74 Å². The fourth-order valence-electron chi connectivity index (χ4n) is 1.88. The van der Waals surface area contributed by atoms with Gasteiger partial charge in [0.25, 0.3) is 0 Å². The Kier molecular flexibility index (Phi) is 5.10. The van der Waals surface area contributed by atoms with Crippen LogP contribution < -0.4 is 4.90 Å². The summed E-state index contributed by atoms with van der Waals surface area (Å²) in [5.74, 6) is -0.376. The lowest BCUT2D eigenvalue weighted by Crippen LogP contribution is -2.36. The minimum absolute atomic E-state index is 0.0848. The lowest BCUT2D eigenvalue weighted by Gasteiger charge is -2.30. The van der Waals surface area contributed by atoms with Gasteiger partial charge in [-0.15, -0.1) is 0 Å². The van der Waals surface area contributed by atoms with Gasteiger partial charge >= 0.3 is 0 Å². The topological polar surface area (TPSA) is 29.5 Å². The van der Waals surface area contributed by atoms with E-state index in [1.165, 1.54) is 6.07 Å². The Hall–Kier alpha value is -1.42. The number of methoxy groups -OCH3 is 1. The first kappa shape index (κ1) is 13.6. The molecular weight excluding hydrogens is 221 g/mol. The quantitative estimate of drug-likeness (QED) is 0.714. The average Bonchev–Trinajstić information content (AvgIpc) is 2.32. The molecule has 1 aromatic carbocycles. The zero-order chi connectivity index (χ0) is 12.8. The van der Waals surface area contributed by atoms with Crippen molar-refractivity contribution in [2.24, 2.45) is 0 Å². The molecule has 0 aliphatic carbocycles. The predicted molar refractivity (Wildman–Crippen MR) is 66.1 cm³/mol. The molecular formula is C13H18FNO2. The van der Waals surface area contributed by atoms with E-state index in [9.17, 15) is 9.18 Å². The molecule has 1 unspecified atom stereocenters. The van der Waals surface area contributed by atoms with E-state index in [1.54, 1.807) is 19.2 Å². The summed E-state index contributed by atoms with van der Waals surface area (Å²) in [6.07, 6.45) is 0.641. The highest BCUT2D eigenvalue weighted by atomic mass is 19.1. The molecule has 3 nitrogen and oxygen atoms in total. The van der Waals surface area contributed by atoms with Crippen LogP contribution in [0.15, 0.2) is 18.2 Å². The van der Waals surface area contributed by atoms with Crippen LogP contribution in [0.25, 0.3) is 0 Å². The highest BCUT2D eigenvalue weighted by molar-refractivity contribution is 5.76. The average molecular weight is 239 g/mol. The van der Waals surface area contributed by atoms with Crippen molar-refractivity contribution in [3.8, 4) is 0 Å². The molecule has 0 heterocycles. The van der Waals surface area contributed by atoms with Crippen molar-refractivity contribution >= 4 is 12.0 Å². The summed E-state index contributed by atoms with van der Waals surface area (Å²) in [6, 6.07) is 4.59. The molecule has 0 aliphatic heterocycles. The Morgan fingerprint density at radius 3 is 2.71 bits per heavy atom. The van der Waals surface area contributed by atoms with Gasteiger partial charge < -0.3 is 9.64 Å². The molecule has 0 saturated heterocycles. The van der Waals surface area contributed by atoms with Crippen LogP contribution in [-0.4, -0.2) is 32.6 Å². The molecule has 1 rings (SSSR count). The van der Waals surface area contributed by atoms with Crippen LogP contribution in [-0.2, 0) is 4.74 Å². The number of ether oxygens (including phenoxy) is 1. The van der Waals surface area contributed by atoms with Gasteiger partial charge in [-0.3, -0.25) is 4.79 Å². The molecule has 1 aromatic rings. The van der Waals surface area contributed by atoms with Crippen LogP contribution in [0.4, 0.5) is 10.1 Å². The number of rotatable bonds is 6. The van der Waals surface area contributed by atoms with Gasteiger partial charge in [0, 0.05) is 25.3 Å². The predicted octanol–water partition coefficient (Wildman–Crippen LogP) is 2.50. The molecule has 0 amide bonds. The van der Waals surface area contributed by atoms with Crippen LogP contribution in [0.2, 0.25) is 0 Å². The smallest absolute Gasteiger partial charge is 0.150 e. The van der Waals surface area contributed by atoms with Gasteiger partial charge in [0.15, 0.2) is 0 Å². The van der Waals surface area contributed by atoms with Crippen LogP contribution >= 0.6 is 0 Å². The van der Waals surface area contributed by atoms with Crippen molar-refractivity contribution in [2.75, 3.05) is 25.2 Å². The summed E-state index contributed by atoms with van der Waals surface area (Å²) >= 11 is 0. The highest BCUT2D eigenvalue weighted by Gasteiger charge is 2.16. The van der Waals surface area contributed by atoms with Crippen LogP contribution in [0, 0.1) is 5.82 Å². The number of hydrogen-bond donors (Lipinski definition) is 0. The third kappa shape index (κ3) is 3.27. The normalized spacial score (nSPS) is 12.2. The lowest BCUT2D eigenvalue weighted by molar-refractivity contribution is 0.112. The van der Waals surface area contributed by atoms with Crippen molar-refractivity contribution < 1.29 is 13.9 Å².